The third-order valence-corrected chi connectivity index (χ3v) is 5.88. The molecule has 2 rings (SSSR count). The van der Waals surface area contributed by atoms with Gasteiger partial charge in [0.1, 0.15) is 0 Å². The molecule has 1 heterocycles. The summed E-state index contributed by atoms with van der Waals surface area (Å²) in [7, 11) is 0. The molecule has 0 saturated heterocycles. The number of carbonyl (C=O) groups is 2. The molecule has 2 aromatic rings. The topological polar surface area (TPSA) is 175 Å². The zero-order chi connectivity index (χ0) is 23.4. The summed E-state index contributed by atoms with van der Waals surface area (Å²) in [5, 5.41) is 6.27. The average Bonchev–Trinajstić information content (AvgIpc) is 2.78. The van der Waals surface area contributed by atoms with Crippen molar-refractivity contribution in [2.45, 2.75) is 44.6 Å². The maximum absolute atomic E-state index is 12.3. The Morgan fingerprint density at radius 2 is 1.66 bits per heavy atom. The quantitative estimate of drug-likeness (QED) is 0.250. The second kappa shape index (κ2) is 13.1. The number of para-hydroxylation sites is 1. The highest BCUT2D eigenvalue weighted by Gasteiger charge is 2.28. The molecular formula is C23H37N7O2. The van der Waals surface area contributed by atoms with Crippen LogP contribution in [-0.2, 0) is 9.59 Å². The van der Waals surface area contributed by atoms with Crippen LogP contribution in [0, 0.1) is 5.41 Å². The molecule has 1 unspecified atom stereocenters. The van der Waals surface area contributed by atoms with Crippen LogP contribution in [0.5, 0.6) is 0 Å². The summed E-state index contributed by atoms with van der Waals surface area (Å²) in [5.74, 6) is -0.686. The molecule has 0 aliphatic carbocycles. The van der Waals surface area contributed by atoms with Crippen molar-refractivity contribution in [2.24, 2.45) is 28.3 Å². The first kappa shape index (κ1) is 25.7. The van der Waals surface area contributed by atoms with E-state index in [1.807, 2.05) is 30.3 Å². The van der Waals surface area contributed by atoms with Gasteiger partial charge in [0.15, 0.2) is 0 Å². The lowest BCUT2D eigenvalue weighted by molar-refractivity contribution is -0.125. The lowest BCUT2D eigenvalue weighted by Gasteiger charge is -2.33. The van der Waals surface area contributed by atoms with Crippen molar-refractivity contribution in [1.29, 1.82) is 0 Å². The fraction of sp³-hybridized carbons (Fsp3) is 0.522. The number of carbonyl (C=O) groups excluding carboxylic acids is 2. The zero-order valence-corrected chi connectivity index (χ0v) is 18.7. The highest BCUT2D eigenvalue weighted by atomic mass is 16.2. The molecule has 0 aliphatic heterocycles. The number of hydrogen-bond donors (Lipinski definition) is 6. The van der Waals surface area contributed by atoms with Crippen molar-refractivity contribution in [2.75, 3.05) is 31.5 Å². The number of rotatable bonds is 14. The van der Waals surface area contributed by atoms with Crippen LogP contribution in [-0.4, -0.2) is 49.0 Å². The van der Waals surface area contributed by atoms with Crippen molar-refractivity contribution in [3.05, 3.63) is 36.5 Å². The molecule has 176 valence electrons. The van der Waals surface area contributed by atoms with Crippen LogP contribution < -0.4 is 33.6 Å². The molecular weight excluding hydrogens is 406 g/mol. The SMILES string of the molecule is NCCC(CCN)(CCN)CCCC(N)C(=O)NCC(=O)Nc1cnc2ccccc2c1. The summed E-state index contributed by atoms with van der Waals surface area (Å²) in [4.78, 5) is 28.8. The molecule has 0 radical (unpaired) electrons. The lowest BCUT2D eigenvalue weighted by atomic mass is 9.74. The normalized spacial score (nSPS) is 12.5. The van der Waals surface area contributed by atoms with E-state index >= 15 is 0 Å². The van der Waals surface area contributed by atoms with E-state index in [1.165, 1.54) is 0 Å². The molecule has 9 heteroatoms. The highest BCUT2D eigenvalue weighted by molar-refractivity contribution is 5.96. The summed E-state index contributed by atoms with van der Waals surface area (Å²) in [6.45, 7) is 1.58. The predicted octanol–water partition coefficient (Wildman–Crippen LogP) is 0.820. The second-order valence-corrected chi connectivity index (χ2v) is 8.30. The van der Waals surface area contributed by atoms with E-state index in [2.05, 4.69) is 15.6 Å². The molecule has 2 amide bonds. The van der Waals surface area contributed by atoms with E-state index < -0.39 is 6.04 Å². The van der Waals surface area contributed by atoms with Crippen LogP contribution in [0.3, 0.4) is 0 Å². The largest absolute Gasteiger partial charge is 0.346 e. The monoisotopic (exact) mass is 443 g/mol. The maximum Gasteiger partial charge on any atom is 0.243 e. The van der Waals surface area contributed by atoms with E-state index in [0.29, 0.717) is 31.7 Å². The van der Waals surface area contributed by atoms with Gasteiger partial charge >= 0.3 is 0 Å². The number of hydrogen-bond acceptors (Lipinski definition) is 7. The maximum atomic E-state index is 12.3. The highest BCUT2D eigenvalue weighted by Crippen LogP contribution is 2.35. The van der Waals surface area contributed by atoms with E-state index in [4.69, 9.17) is 22.9 Å². The van der Waals surface area contributed by atoms with Crippen LogP contribution in [0.1, 0.15) is 38.5 Å². The molecule has 1 aromatic heterocycles. The van der Waals surface area contributed by atoms with E-state index in [9.17, 15) is 9.59 Å². The van der Waals surface area contributed by atoms with Crippen molar-refractivity contribution >= 4 is 28.4 Å². The van der Waals surface area contributed by atoms with Crippen LogP contribution in [0.4, 0.5) is 5.69 Å². The number of nitrogens with two attached hydrogens (primary N) is 4. The smallest absolute Gasteiger partial charge is 0.243 e. The van der Waals surface area contributed by atoms with Crippen molar-refractivity contribution in [1.82, 2.24) is 10.3 Å². The van der Waals surface area contributed by atoms with Gasteiger partial charge in [-0.3, -0.25) is 14.6 Å². The zero-order valence-electron chi connectivity index (χ0n) is 18.7. The number of nitrogens with zero attached hydrogens (tertiary/aromatic N) is 1. The van der Waals surface area contributed by atoms with Gasteiger partial charge in [0.25, 0.3) is 0 Å². The first-order valence-electron chi connectivity index (χ1n) is 11.2. The van der Waals surface area contributed by atoms with Crippen LogP contribution in [0.15, 0.2) is 36.5 Å². The van der Waals surface area contributed by atoms with Gasteiger partial charge in [0.2, 0.25) is 11.8 Å². The Labute approximate surface area is 189 Å². The minimum Gasteiger partial charge on any atom is -0.346 e. The fourth-order valence-electron chi connectivity index (χ4n) is 4.14. The first-order chi connectivity index (χ1) is 15.4. The minimum atomic E-state index is -0.684. The lowest BCUT2D eigenvalue weighted by Crippen LogP contribution is -2.43. The van der Waals surface area contributed by atoms with Crippen molar-refractivity contribution in [3.8, 4) is 0 Å². The number of nitrogens with one attached hydrogen (secondary N) is 2. The van der Waals surface area contributed by atoms with Crippen LogP contribution in [0.25, 0.3) is 10.9 Å². The van der Waals surface area contributed by atoms with E-state index in [-0.39, 0.29) is 23.8 Å². The minimum absolute atomic E-state index is 0.00221. The number of aromatic nitrogens is 1. The molecule has 32 heavy (non-hydrogen) atoms. The van der Waals surface area contributed by atoms with Gasteiger partial charge in [-0.25, -0.2) is 0 Å². The Balaban J connectivity index is 1.78. The van der Waals surface area contributed by atoms with Gasteiger partial charge < -0.3 is 33.6 Å². The molecule has 0 aliphatic rings. The molecule has 0 bridgehead atoms. The Bertz CT molecular complexity index is 857. The summed E-state index contributed by atoms with van der Waals surface area (Å²) < 4.78 is 0. The molecule has 0 fully saturated rings. The second-order valence-electron chi connectivity index (χ2n) is 8.30. The van der Waals surface area contributed by atoms with E-state index in [0.717, 1.165) is 43.0 Å². The standard InChI is InChI=1S/C23H37N7O2/c24-11-8-23(9-12-25,10-13-26)7-3-5-19(27)22(32)29-16-21(31)30-18-14-17-4-1-2-6-20(17)28-15-18/h1-2,4,6,14-15,19H,3,5,7-13,16,24-27H2,(H,29,32)(H,30,31). The predicted molar refractivity (Wildman–Crippen MR) is 129 cm³/mol. The number of amides is 2. The fourth-order valence-corrected chi connectivity index (χ4v) is 4.14. The van der Waals surface area contributed by atoms with Gasteiger partial charge in [0, 0.05) is 5.39 Å². The van der Waals surface area contributed by atoms with Gasteiger partial charge in [-0.05, 0) is 69.3 Å². The Hall–Kier alpha value is -2.59. The Morgan fingerprint density at radius 1 is 1.00 bits per heavy atom. The van der Waals surface area contributed by atoms with Crippen LogP contribution in [0.2, 0.25) is 0 Å². The third kappa shape index (κ3) is 7.83. The van der Waals surface area contributed by atoms with Gasteiger partial charge in [-0.2, -0.15) is 0 Å². The molecule has 1 aromatic carbocycles. The first-order valence-corrected chi connectivity index (χ1v) is 11.2. The molecule has 10 N–H and O–H groups in total. The average molecular weight is 444 g/mol. The van der Waals surface area contributed by atoms with Crippen molar-refractivity contribution in [3.63, 3.8) is 0 Å². The third-order valence-electron chi connectivity index (χ3n) is 5.88. The number of anilines is 1. The van der Waals surface area contributed by atoms with Crippen molar-refractivity contribution < 1.29 is 9.59 Å². The summed E-state index contributed by atoms with van der Waals surface area (Å²) in [6.07, 6.45) is 6.30. The van der Waals surface area contributed by atoms with Gasteiger partial charge in [-0.1, -0.05) is 24.6 Å². The Morgan fingerprint density at radius 3 is 2.31 bits per heavy atom. The van der Waals surface area contributed by atoms with Gasteiger partial charge in [0.05, 0.1) is 30.0 Å². The number of fused-ring (bicyclic) bond motifs is 1. The molecule has 0 saturated carbocycles. The number of benzene rings is 1. The molecule has 1 atom stereocenters. The number of pyridine rings is 1. The summed E-state index contributed by atoms with van der Waals surface area (Å²) in [5.41, 5.74) is 24.8. The summed E-state index contributed by atoms with van der Waals surface area (Å²) >= 11 is 0. The molecule has 9 nitrogen and oxygen atoms in total. The molecule has 0 spiro atoms. The van der Waals surface area contributed by atoms with Gasteiger partial charge in [-0.15, -0.1) is 0 Å². The van der Waals surface area contributed by atoms with Crippen LogP contribution >= 0.6 is 0 Å². The summed E-state index contributed by atoms with van der Waals surface area (Å²) in [6, 6.07) is 8.78. The Kier molecular flexibility index (Phi) is 10.5. The van der Waals surface area contributed by atoms with E-state index in [1.54, 1.807) is 6.20 Å².